The fourth-order valence-electron chi connectivity index (χ4n) is 4.07. The second-order valence-electron chi connectivity index (χ2n) is 9.55. The van der Waals surface area contributed by atoms with E-state index in [0.29, 0.717) is 22.6 Å². The molecule has 0 radical (unpaired) electrons. The molecule has 10 nitrogen and oxygen atoms in total. The van der Waals surface area contributed by atoms with Crippen LogP contribution in [0.2, 0.25) is 0 Å². The minimum Gasteiger partial charge on any atom is -0.493 e. The van der Waals surface area contributed by atoms with Crippen LogP contribution in [-0.2, 0) is 6.61 Å². The monoisotopic (exact) mass is 719 g/mol. The number of aromatic nitrogens is 1. The largest absolute Gasteiger partial charge is 0.493 e. The number of nitro benzene ring substituents is 1. The molecule has 0 saturated heterocycles. The van der Waals surface area contributed by atoms with Crippen molar-refractivity contribution in [1.82, 2.24) is 10.4 Å². The van der Waals surface area contributed by atoms with Gasteiger partial charge in [0.25, 0.3) is 11.6 Å². The molecule has 1 heterocycles. The van der Waals surface area contributed by atoms with Crippen molar-refractivity contribution in [2.45, 2.75) is 13.5 Å². The second-order valence-corrected chi connectivity index (χ2v) is 11.6. The molecule has 222 valence electrons. The Balaban J connectivity index is 1.17. The highest BCUT2D eigenvalue weighted by atomic mass is 127. The summed E-state index contributed by atoms with van der Waals surface area (Å²) in [7, 11) is 1.53. The maximum absolute atomic E-state index is 12.7. The number of anilines is 2. The highest BCUT2D eigenvalue weighted by Gasteiger charge is 2.13. The molecule has 44 heavy (non-hydrogen) atoms. The Bertz CT molecular complexity index is 1810. The number of hydrazone groups is 1. The maximum atomic E-state index is 12.7. The highest BCUT2D eigenvalue weighted by molar-refractivity contribution is 14.1. The van der Waals surface area contributed by atoms with Crippen molar-refractivity contribution in [3.8, 4) is 22.8 Å². The number of carbonyl (C=O) groups is 1. The van der Waals surface area contributed by atoms with E-state index in [4.69, 9.17) is 9.47 Å². The lowest BCUT2D eigenvalue weighted by Gasteiger charge is -2.13. The third kappa shape index (κ3) is 7.76. The molecule has 0 spiro atoms. The van der Waals surface area contributed by atoms with Gasteiger partial charge in [0.05, 0.1) is 27.5 Å². The fraction of sp³-hybridized carbons (Fsp3) is 0.0938. The number of amides is 1. The number of thiazole rings is 1. The molecule has 4 aromatic carbocycles. The first-order valence-corrected chi connectivity index (χ1v) is 15.2. The molecular formula is C32H26IN5O5S. The van der Waals surface area contributed by atoms with Crippen molar-refractivity contribution in [2.24, 2.45) is 5.10 Å². The van der Waals surface area contributed by atoms with E-state index >= 15 is 0 Å². The summed E-state index contributed by atoms with van der Waals surface area (Å²) in [5.74, 6) is 0.671. The first kappa shape index (κ1) is 30.6. The van der Waals surface area contributed by atoms with Gasteiger partial charge in [-0.3, -0.25) is 14.9 Å². The van der Waals surface area contributed by atoms with Crippen LogP contribution >= 0.6 is 33.9 Å². The number of nitrogens with one attached hydrogen (secondary N) is 2. The predicted octanol–water partition coefficient (Wildman–Crippen LogP) is 7.73. The summed E-state index contributed by atoms with van der Waals surface area (Å²) in [4.78, 5) is 27.8. The Morgan fingerprint density at radius 2 is 1.80 bits per heavy atom. The maximum Gasteiger partial charge on any atom is 0.271 e. The topological polar surface area (TPSA) is 128 Å². The van der Waals surface area contributed by atoms with Gasteiger partial charge in [-0.1, -0.05) is 29.8 Å². The zero-order valence-corrected chi connectivity index (χ0v) is 26.6. The first-order valence-electron chi connectivity index (χ1n) is 13.3. The number of aryl methyl sites for hydroxylation is 1. The third-order valence-corrected chi connectivity index (χ3v) is 7.97. The Hall–Kier alpha value is -4.82. The smallest absolute Gasteiger partial charge is 0.271 e. The summed E-state index contributed by atoms with van der Waals surface area (Å²) < 4.78 is 12.2. The lowest BCUT2D eigenvalue weighted by molar-refractivity contribution is -0.384. The van der Waals surface area contributed by atoms with Gasteiger partial charge in [0.15, 0.2) is 16.6 Å². The van der Waals surface area contributed by atoms with E-state index in [2.05, 4.69) is 43.4 Å². The van der Waals surface area contributed by atoms with Gasteiger partial charge in [-0.25, -0.2) is 10.4 Å². The minimum absolute atomic E-state index is 0.0188. The SMILES string of the molecule is COc1cc(/C=N\NC(=O)c2ccc(-c3csc(Nc4ccc(C)cc4)n3)cc2)cc(I)c1OCc1ccc([N+](=O)[O-])cc1. The number of nitro groups is 1. The number of rotatable bonds is 11. The van der Waals surface area contributed by atoms with Crippen LogP contribution in [0.5, 0.6) is 11.5 Å². The molecule has 0 aliphatic heterocycles. The zero-order valence-electron chi connectivity index (χ0n) is 23.6. The van der Waals surface area contributed by atoms with Gasteiger partial charge in [-0.2, -0.15) is 5.10 Å². The number of hydrogen-bond acceptors (Lipinski definition) is 9. The summed E-state index contributed by atoms with van der Waals surface area (Å²) in [6.07, 6.45) is 1.52. The summed E-state index contributed by atoms with van der Waals surface area (Å²) in [6.45, 7) is 2.26. The molecule has 1 aromatic heterocycles. The standard InChI is InChI=1S/C32H26IN5O5S/c1-20-3-11-25(12-4-20)35-32-36-28(19-44-32)23-7-9-24(10-8-23)31(39)37-34-17-22-15-27(33)30(29(16-22)42-2)43-18-21-5-13-26(14-6-21)38(40)41/h3-17,19H,18H2,1-2H3,(H,35,36)(H,37,39)/b34-17-. The molecule has 2 N–H and O–H groups in total. The number of nitrogens with zero attached hydrogens (tertiary/aromatic N) is 3. The lowest BCUT2D eigenvalue weighted by Crippen LogP contribution is -2.17. The quantitative estimate of drug-likeness (QED) is 0.0619. The van der Waals surface area contributed by atoms with E-state index in [9.17, 15) is 14.9 Å². The summed E-state index contributed by atoms with van der Waals surface area (Å²) >= 11 is 3.64. The molecule has 0 aliphatic carbocycles. The van der Waals surface area contributed by atoms with E-state index in [1.54, 1.807) is 30.3 Å². The number of benzene rings is 4. The number of carbonyl (C=O) groups excluding carboxylic acids is 1. The van der Waals surface area contributed by atoms with Crippen molar-refractivity contribution in [1.29, 1.82) is 0 Å². The van der Waals surface area contributed by atoms with Gasteiger partial charge < -0.3 is 14.8 Å². The van der Waals surface area contributed by atoms with Crippen LogP contribution in [0.4, 0.5) is 16.5 Å². The van der Waals surface area contributed by atoms with Crippen molar-refractivity contribution in [2.75, 3.05) is 12.4 Å². The number of halogens is 1. The van der Waals surface area contributed by atoms with Crippen molar-refractivity contribution < 1.29 is 19.2 Å². The van der Waals surface area contributed by atoms with Crippen molar-refractivity contribution in [3.63, 3.8) is 0 Å². The molecule has 0 atom stereocenters. The Labute approximate surface area is 271 Å². The van der Waals surface area contributed by atoms with Gasteiger partial charge in [0.1, 0.15) is 6.61 Å². The first-order chi connectivity index (χ1) is 21.3. The molecule has 0 aliphatic rings. The molecule has 0 saturated carbocycles. The molecule has 0 unspecified atom stereocenters. The lowest BCUT2D eigenvalue weighted by atomic mass is 10.1. The van der Waals surface area contributed by atoms with Crippen molar-refractivity contribution >= 4 is 62.6 Å². The summed E-state index contributed by atoms with van der Waals surface area (Å²) in [6, 6.07) is 25.0. The zero-order chi connectivity index (χ0) is 31.1. The minimum atomic E-state index is -0.445. The molecule has 1 amide bonds. The van der Waals surface area contributed by atoms with Crippen molar-refractivity contribution in [3.05, 3.63) is 126 Å². The van der Waals surface area contributed by atoms with E-state index in [-0.39, 0.29) is 18.2 Å². The number of non-ortho nitro benzene ring substituents is 1. The van der Waals surface area contributed by atoms with E-state index < -0.39 is 4.92 Å². The van der Waals surface area contributed by atoms with Crippen LogP contribution in [0, 0.1) is 20.6 Å². The molecular weight excluding hydrogens is 693 g/mol. The van der Waals surface area contributed by atoms with Gasteiger partial charge in [0.2, 0.25) is 0 Å². The molecule has 5 rings (SSSR count). The summed E-state index contributed by atoms with van der Waals surface area (Å²) in [5, 5.41) is 21.0. The second kappa shape index (κ2) is 14.1. The van der Waals surface area contributed by atoms with Crippen LogP contribution in [-0.4, -0.2) is 29.1 Å². The van der Waals surface area contributed by atoms with Crippen LogP contribution in [0.25, 0.3) is 11.3 Å². The average Bonchev–Trinajstić information content (AvgIpc) is 3.50. The van der Waals surface area contributed by atoms with Crippen LogP contribution in [0.15, 0.2) is 95.4 Å². The molecule has 5 aromatic rings. The Kier molecular flexibility index (Phi) is 9.82. The average molecular weight is 720 g/mol. The number of hydrogen-bond donors (Lipinski definition) is 2. The van der Waals surface area contributed by atoms with Gasteiger partial charge >= 0.3 is 0 Å². The third-order valence-electron chi connectivity index (χ3n) is 6.41. The molecule has 12 heteroatoms. The summed E-state index contributed by atoms with van der Waals surface area (Å²) in [5.41, 5.74) is 8.40. The van der Waals surface area contributed by atoms with Crippen LogP contribution in [0.3, 0.4) is 0 Å². The number of methoxy groups -OCH3 is 1. The van der Waals surface area contributed by atoms with E-state index in [0.717, 1.165) is 31.2 Å². The highest BCUT2D eigenvalue weighted by Crippen LogP contribution is 2.34. The predicted molar refractivity (Wildman–Crippen MR) is 180 cm³/mol. The molecule has 0 bridgehead atoms. The van der Waals surface area contributed by atoms with E-state index in [1.165, 1.54) is 42.4 Å². The molecule has 0 fully saturated rings. The van der Waals surface area contributed by atoms with Gasteiger partial charge in [-0.05, 0) is 89.2 Å². The Morgan fingerprint density at radius 1 is 1.07 bits per heavy atom. The number of ether oxygens (including phenoxy) is 2. The Morgan fingerprint density at radius 3 is 2.48 bits per heavy atom. The van der Waals surface area contributed by atoms with E-state index in [1.807, 2.05) is 54.8 Å². The van der Waals surface area contributed by atoms with Gasteiger partial charge in [-0.15, -0.1) is 11.3 Å². The van der Waals surface area contributed by atoms with Crippen LogP contribution < -0.4 is 20.2 Å². The van der Waals surface area contributed by atoms with Crippen LogP contribution in [0.1, 0.15) is 27.0 Å². The normalized spacial score (nSPS) is 10.9. The van der Waals surface area contributed by atoms with Gasteiger partial charge in [0, 0.05) is 34.3 Å². The fourth-order valence-corrected chi connectivity index (χ4v) is 5.59.